The first kappa shape index (κ1) is 17.5. The van der Waals surface area contributed by atoms with E-state index in [-0.39, 0.29) is 5.91 Å². The van der Waals surface area contributed by atoms with Crippen molar-refractivity contribution < 1.29 is 14.3 Å². The number of carbonyl (C=O) groups excluding carboxylic acids is 1. The van der Waals surface area contributed by atoms with Crippen molar-refractivity contribution >= 4 is 11.6 Å². The Kier molecular flexibility index (Phi) is 6.26. The molecular formula is C22H21NO3. The molecule has 3 aromatic rings. The van der Waals surface area contributed by atoms with Gasteiger partial charge in [0.2, 0.25) is 5.91 Å². The zero-order valence-corrected chi connectivity index (χ0v) is 14.4. The number of hydrogen-bond donors (Lipinski definition) is 1. The van der Waals surface area contributed by atoms with Crippen LogP contribution >= 0.6 is 0 Å². The number of amides is 1. The van der Waals surface area contributed by atoms with E-state index in [9.17, 15) is 4.79 Å². The maximum absolute atomic E-state index is 12.3. The van der Waals surface area contributed by atoms with Crippen LogP contribution in [-0.4, -0.2) is 19.1 Å². The molecule has 3 rings (SSSR count). The van der Waals surface area contributed by atoms with Crippen LogP contribution in [0.25, 0.3) is 0 Å². The van der Waals surface area contributed by atoms with Crippen molar-refractivity contribution in [3.8, 4) is 11.5 Å². The van der Waals surface area contributed by atoms with Crippen molar-refractivity contribution in [1.29, 1.82) is 0 Å². The summed E-state index contributed by atoms with van der Waals surface area (Å²) in [6, 6.07) is 26.6. The number of nitrogens with one attached hydrogen (secondary N) is 1. The molecule has 0 fully saturated rings. The van der Waals surface area contributed by atoms with Gasteiger partial charge in [-0.2, -0.15) is 0 Å². The molecule has 0 spiro atoms. The second kappa shape index (κ2) is 9.28. The summed E-state index contributed by atoms with van der Waals surface area (Å²) in [5, 5.41) is 2.91. The quantitative estimate of drug-likeness (QED) is 0.617. The predicted molar refractivity (Wildman–Crippen MR) is 103 cm³/mol. The molecule has 132 valence electrons. The minimum atomic E-state index is -0.0761. The highest BCUT2D eigenvalue weighted by atomic mass is 16.5. The first-order valence-corrected chi connectivity index (χ1v) is 8.55. The van der Waals surface area contributed by atoms with E-state index in [1.54, 1.807) is 0 Å². The van der Waals surface area contributed by atoms with E-state index in [1.165, 1.54) is 0 Å². The summed E-state index contributed by atoms with van der Waals surface area (Å²) in [5.41, 5.74) is 1.63. The minimum absolute atomic E-state index is 0.0761. The van der Waals surface area contributed by atoms with Crippen LogP contribution in [0.1, 0.15) is 5.56 Å². The van der Waals surface area contributed by atoms with E-state index in [4.69, 9.17) is 9.47 Å². The van der Waals surface area contributed by atoms with Gasteiger partial charge in [-0.3, -0.25) is 4.79 Å². The van der Waals surface area contributed by atoms with Crippen molar-refractivity contribution in [2.24, 2.45) is 0 Å². The molecule has 0 aromatic heterocycles. The van der Waals surface area contributed by atoms with Crippen LogP contribution in [0.15, 0.2) is 84.9 Å². The zero-order chi connectivity index (χ0) is 18.0. The minimum Gasteiger partial charge on any atom is -0.490 e. The Morgan fingerprint density at radius 3 is 2.12 bits per heavy atom. The van der Waals surface area contributed by atoms with E-state index in [1.807, 2.05) is 84.9 Å². The van der Waals surface area contributed by atoms with Crippen LogP contribution in [0.4, 0.5) is 5.69 Å². The van der Waals surface area contributed by atoms with Gasteiger partial charge in [0.05, 0.1) is 12.1 Å². The molecular weight excluding hydrogens is 326 g/mol. The predicted octanol–water partition coefficient (Wildman–Crippen LogP) is 4.33. The Bertz CT molecular complexity index is 819. The molecule has 0 aliphatic carbocycles. The van der Waals surface area contributed by atoms with Crippen molar-refractivity contribution in [3.05, 3.63) is 90.5 Å². The van der Waals surface area contributed by atoms with Crippen molar-refractivity contribution in [3.63, 3.8) is 0 Å². The molecule has 4 nitrogen and oxygen atoms in total. The summed E-state index contributed by atoms with van der Waals surface area (Å²) in [4.78, 5) is 12.3. The van der Waals surface area contributed by atoms with Crippen LogP contribution in [-0.2, 0) is 11.2 Å². The highest BCUT2D eigenvalue weighted by Crippen LogP contribution is 2.24. The van der Waals surface area contributed by atoms with Crippen LogP contribution in [0.5, 0.6) is 11.5 Å². The number of carbonyl (C=O) groups is 1. The number of hydrogen-bond acceptors (Lipinski definition) is 3. The molecule has 0 saturated heterocycles. The summed E-state index contributed by atoms with van der Waals surface area (Å²) in [5.74, 6) is 1.36. The average molecular weight is 347 g/mol. The van der Waals surface area contributed by atoms with E-state index in [2.05, 4.69) is 5.32 Å². The second-order valence-electron chi connectivity index (χ2n) is 5.72. The van der Waals surface area contributed by atoms with Gasteiger partial charge in [0.25, 0.3) is 0 Å². The number of para-hydroxylation sites is 3. The van der Waals surface area contributed by atoms with Crippen molar-refractivity contribution in [2.75, 3.05) is 18.5 Å². The first-order chi connectivity index (χ1) is 12.8. The summed E-state index contributed by atoms with van der Waals surface area (Å²) in [6.07, 6.45) is 0.326. The summed E-state index contributed by atoms with van der Waals surface area (Å²) < 4.78 is 11.4. The van der Waals surface area contributed by atoms with Gasteiger partial charge in [-0.1, -0.05) is 60.7 Å². The van der Waals surface area contributed by atoms with Gasteiger partial charge in [-0.05, 0) is 29.8 Å². The van der Waals surface area contributed by atoms with Crippen LogP contribution in [0.2, 0.25) is 0 Å². The number of benzene rings is 3. The van der Waals surface area contributed by atoms with Gasteiger partial charge in [-0.15, -0.1) is 0 Å². The van der Waals surface area contributed by atoms with Crippen molar-refractivity contribution in [2.45, 2.75) is 6.42 Å². The van der Waals surface area contributed by atoms with Gasteiger partial charge in [0.1, 0.15) is 24.7 Å². The Morgan fingerprint density at radius 2 is 1.35 bits per heavy atom. The van der Waals surface area contributed by atoms with Crippen LogP contribution in [0.3, 0.4) is 0 Å². The van der Waals surface area contributed by atoms with Gasteiger partial charge in [0.15, 0.2) is 0 Å². The second-order valence-corrected chi connectivity index (χ2v) is 5.72. The third-order valence-electron chi connectivity index (χ3n) is 3.72. The highest BCUT2D eigenvalue weighted by molar-refractivity contribution is 5.93. The fourth-order valence-corrected chi connectivity index (χ4v) is 2.50. The molecule has 0 unspecified atom stereocenters. The van der Waals surface area contributed by atoms with Gasteiger partial charge in [0, 0.05) is 0 Å². The zero-order valence-electron chi connectivity index (χ0n) is 14.4. The molecule has 3 aromatic carbocycles. The topological polar surface area (TPSA) is 47.6 Å². The monoisotopic (exact) mass is 347 g/mol. The SMILES string of the molecule is O=C(Cc1ccccc1)Nc1ccccc1OCCOc1ccccc1. The van der Waals surface area contributed by atoms with E-state index in [0.717, 1.165) is 11.3 Å². The van der Waals surface area contributed by atoms with Crippen LogP contribution < -0.4 is 14.8 Å². The fraction of sp³-hybridized carbons (Fsp3) is 0.136. The lowest BCUT2D eigenvalue weighted by Crippen LogP contribution is -2.16. The standard InChI is InChI=1S/C22H21NO3/c24-22(17-18-9-3-1-4-10-18)23-20-13-7-8-14-21(20)26-16-15-25-19-11-5-2-6-12-19/h1-14H,15-17H2,(H,23,24). The molecule has 0 bridgehead atoms. The molecule has 0 radical (unpaired) electrons. The Hall–Kier alpha value is -3.27. The Morgan fingerprint density at radius 1 is 0.731 bits per heavy atom. The van der Waals surface area contributed by atoms with Crippen LogP contribution in [0, 0.1) is 0 Å². The number of ether oxygens (including phenoxy) is 2. The largest absolute Gasteiger partial charge is 0.490 e. The van der Waals surface area contributed by atoms with Crippen molar-refractivity contribution in [1.82, 2.24) is 0 Å². The number of rotatable bonds is 8. The lowest BCUT2D eigenvalue weighted by atomic mass is 10.1. The Labute approximate surface area is 153 Å². The molecule has 4 heteroatoms. The number of anilines is 1. The molecule has 0 heterocycles. The van der Waals surface area contributed by atoms with Gasteiger partial charge < -0.3 is 14.8 Å². The smallest absolute Gasteiger partial charge is 0.228 e. The lowest BCUT2D eigenvalue weighted by Gasteiger charge is -2.13. The van der Waals surface area contributed by atoms with Gasteiger partial charge in [-0.25, -0.2) is 0 Å². The summed E-state index contributed by atoms with van der Waals surface area (Å²) in [6.45, 7) is 0.816. The van der Waals surface area contributed by atoms with E-state index >= 15 is 0 Å². The highest BCUT2D eigenvalue weighted by Gasteiger charge is 2.08. The third-order valence-corrected chi connectivity index (χ3v) is 3.72. The fourth-order valence-electron chi connectivity index (χ4n) is 2.50. The molecule has 1 amide bonds. The molecule has 26 heavy (non-hydrogen) atoms. The third kappa shape index (κ3) is 5.38. The maximum atomic E-state index is 12.3. The first-order valence-electron chi connectivity index (χ1n) is 8.55. The lowest BCUT2D eigenvalue weighted by molar-refractivity contribution is -0.115. The average Bonchev–Trinajstić information content (AvgIpc) is 2.68. The Balaban J connectivity index is 1.51. The maximum Gasteiger partial charge on any atom is 0.228 e. The molecule has 0 aliphatic heterocycles. The molecule has 0 aliphatic rings. The molecule has 1 N–H and O–H groups in total. The van der Waals surface area contributed by atoms with E-state index < -0.39 is 0 Å². The summed E-state index contributed by atoms with van der Waals surface area (Å²) >= 11 is 0. The molecule has 0 saturated carbocycles. The molecule has 0 atom stereocenters. The normalized spacial score (nSPS) is 10.2. The van der Waals surface area contributed by atoms with Gasteiger partial charge >= 0.3 is 0 Å². The summed E-state index contributed by atoms with van der Waals surface area (Å²) in [7, 11) is 0. The van der Waals surface area contributed by atoms with E-state index in [0.29, 0.717) is 31.1 Å².